The Balaban J connectivity index is 1.56. The van der Waals surface area contributed by atoms with Crippen molar-refractivity contribution in [1.82, 2.24) is 9.80 Å². The monoisotopic (exact) mass is 296 g/mol. The second kappa shape index (κ2) is 6.32. The number of hydrogen-bond donors (Lipinski definition) is 0. The maximum Gasteiger partial charge on any atom is 0.252 e. The quantitative estimate of drug-likeness (QED) is 0.740. The summed E-state index contributed by atoms with van der Waals surface area (Å²) in [6.07, 6.45) is 3.03. The molecule has 3 aliphatic rings. The molecule has 3 aliphatic heterocycles. The Hall–Kier alpha value is -1.14. The molecule has 3 atom stereocenters. The van der Waals surface area contributed by atoms with E-state index in [1.807, 2.05) is 16.7 Å². The summed E-state index contributed by atoms with van der Waals surface area (Å²) < 4.78 is 10.9. The van der Waals surface area contributed by atoms with Gasteiger partial charge in [-0.2, -0.15) is 0 Å². The molecule has 0 aromatic heterocycles. The molecule has 6 nitrogen and oxygen atoms in total. The average Bonchev–Trinajstić information content (AvgIpc) is 3.18. The van der Waals surface area contributed by atoms with Crippen molar-refractivity contribution < 1.29 is 19.1 Å². The zero-order valence-corrected chi connectivity index (χ0v) is 12.6. The van der Waals surface area contributed by atoms with E-state index in [0.717, 1.165) is 25.7 Å². The number of amides is 2. The van der Waals surface area contributed by atoms with Crippen molar-refractivity contribution in [2.45, 2.75) is 50.9 Å². The van der Waals surface area contributed by atoms with Crippen molar-refractivity contribution in [2.24, 2.45) is 0 Å². The van der Waals surface area contributed by atoms with Crippen LogP contribution in [-0.4, -0.2) is 72.7 Å². The van der Waals surface area contributed by atoms with Crippen molar-refractivity contribution >= 4 is 11.8 Å². The first-order chi connectivity index (χ1) is 10.2. The molecule has 0 aromatic rings. The summed E-state index contributed by atoms with van der Waals surface area (Å²) in [5.74, 6) is 0.174. The van der Waals surface area contributed by atoms with E-state index in [-0.39, 0.29) is 30.1 Å². The lowest BCUT2D eigenvalue weighted by atomic mass is 10.1. The smallest absolute Gasteiger partial charge is 0.252 e. The predicted octanol–water partition coefficient (Wildman–Crippen LogP) is 0.404. The van der Waals surface area contributed by atoms with Gasteiger partial charge in [-0.1, -0.05) is 0 Å². The molecular weight excluding hydrogens is 272 g/mol. The molecule has 0 bridgehead atoms. The first-order valence-corrected chi connectivity index (χ1v) is 7.99. The third-order valence-corrected chi connectivity index (χ3v) is 4.63. The largest absolute Gasteiger partial charge is 0.368 e. The Bertz CT molecular complexity index is 402. The van der Waals surface area contributed by atoms with E-state index in [1.54, 1.807) is 0 Å². The van der Waals surface area contributed by atoms with Gasteiger partial charge in [0.05, 0.1) is 0 Å². The summed E-state index contributed by atoms with van der Waals surface area (Å²) in [5, 5.41) is 0. The van der Waals surface area contributed by atoms with Crippen LogP contribution in [0.4, 0.5) is 0 Å². The maximum absolute atomic E-state index is 12.4. The molecule has 2 amide bonds. The fraction of sp³-hybridized carbons (Fsp3) is 0.867. The van der Waals surface area contributed by atoms with Gasteiger partial charge in [0.1, 0.15) is 12.2 Å². The molecule has 3 fully saturated rings. The highest BCUT2D eigenvalue weighted by Gasteiger charge is 2.37. The van der Waals surface area contributed by atoms with Crippen LogP contribution in [0.25, 0.3) is 0 Å². The number of rotatable bonds is 2. The van der Waals surface area contributed by atoms with Gasteiger partial charge in [-0.15, -0.1) is 0 Å². The van der Waals surface area contributed by atoms with Crippen molar-refractivity contribution in [3.63, 3.8) is 0 Å². The molecule has 6 heteroatoms. The van der Waals surface area contributed by atoms with Gasteiger partial charge in [-0.05, 0) is 32.6 Å². The Kier molecular flexibility index (Phi) is 4.45. The Morgan fingerprint density at radius 3 is 2.10 bits per heavy atom. The van der Waals surface area contributed by atoms with Crippen LogP contribution in [0.2, 0.25) is 0 Å². The summed E-state index contributed by atoms with van der Waals surface area (Å²) in [5.41, 5.74) is 0. The van der Waals surface area contributed by atoms with Crippen molar-refractivity contribution in [3.8, 4) is 0 Å². The van der Waals surface area contributed by atoms with Gasteiger partial charge in [-0.3, -0.25) is 9.59 Å². The van der Waals surface area contributed by atoms with Gasteiger partial charge in [0.15, 0.2) is 0 Å². The van der Waals surface area contributed by atoms with Gasteiger partial charge in [0.25, 0.3) is 11.8 Å². The van der Waals surface area contributed by atoms with Crippen LogP contribution in [0.15, 0.2) is 0 Å². The highest BCUT2D eigenvalue weighted by Crippen LogP contribution is 2.21. The zero-order chi connectivity index (χ0) is 14.8. The van der Waals surface area contributed by atoms with Gasteiger partial charge in [0, 0.05) is 38.9 Å². The van der Waals surface area contributed by atoms with Gasteiger partial charge in [0.2, 0.25) is 0 Å². The standard InChI is InChI=1S/C15H24N2O4/c1-11-10-16(14(18)12-4-2-8-20-12)6-7-17(11)15(19)13-5-3-9-21-13/h11-13H,2-10H2,1H3/t11-,12-,13-/m1/s1. The molecule has 0 N–H and O–H groups in total. The molecule has 3 heterocycles. The molecule has 0 saturated carbocycles. The van der Waals surface area contributed by atoms with Crippen LogP contribution in [0.5, 0.6) is 0 Å². The number of hydrogen-bond acceptors (Lipinski definition) is 4. The summed E-state index contributed by atoms with van der Waals surface area (Å²) >= 11 is 0. The molecule has 3 rings (SSSR count). The van der Waals surface area contributed by atoms with Gasteiger partial charge >= 0.3 is 0 Å². The number of piperazine rings is 1. The third-order valence-electron chi connectivity index (χ3n) is 4.63. The average molecular weight is 296 g/mol. The highest BCUT2D eigenvalue weighted by molar-refractivity contribution is 5.83. The minimum absolute atomic E-state index is 0.0424. The number of ether oxygens (including phenoxy) is 2. The first-order valence-electron chi connectivity index (χ1n) is 7.99. The third kappa shape index (κ3) is 3.06. The summed E-state index contributed by atoms with van der Waals surface area (Å²) in [7, 11) is 0. The van der Waals surface area contributed by atoms with E-state index in [4.69, 9.17) is 9.47 Å². The van der Waals surface area contributed by atoms with E-state index in [2.05, 4.69) is 0 Å². The zero-order valence-electron chi connectivity index (χ0n) is 12.6. The molecule has 118 valence electrons. The van der Waals surface area contributed by atoms with E-state index in [1.165, 1.54) is 0 Å². The fourth-order valence-electron chi connectivity index (χ4n) is 3.42. The topological polar surface area (TPSA) is 59.1 Å². The molecule has 0 aromatic carbocycles. The van der Waals surface area contributed by atoms with E-state index in [9.17, 15) is 9.59 Å². The van der Waals surface area contributed by atoms with Crippen LogP contribution in [0.1, 0.15) is 32.6 Å². The van der Waals surface area contributed by atoms with E-state index < -0.39 is 0 Å². The van der Waals surface area contributed by atoms with Crippen LogP contribution in [0, 0.1) is 0 Å². The maximum atomic E-state index is 12.4. The van der Waals surface area contributed by atoms with Crippen LogP contribution in [0.3, 0.4) is 0 Å². The molecule has 0 radical (unpaired) electrons. The lowest BCUT2D eigenvalue weighted by Gasteiger charge is -2.41. The fourth-order valence-corrected chi connectivity index (χ4v) is 3.42. The molecule has 0 aliphatic carbocycles. The predicted molar refractivity (Wildman–Crippen MR) is 75.7 cm³/mol. The van der Waals surface area contributed by atoms with Crippen molar-refractivity contribution in [2.75, 3.05) is 32.8 Å². The molecule has 0 unspecified atom stereocenters. The van der Waals surface area contributed by atoms with Crippen molar-refractivity contribution in [3.05, 3.63) is 0 Å². The van der Waals surface area contributed by atoms with Crippen LogP contribution < -0.4 is 0 Å². The summed E-state index contributed by atoms with van der Waals surface area (Å²) in [6.45, 7) is 5.16. The molecular formula is C15H24N2O4. The SMILES string of the molecule is C[C@@H]1CN(C(=O)[C@H]2CCCO2)CCN1C(=O)[C@H]1CCCO1. The van der Waals surface area contributed by atoms with Gasteiger partial charge < -0.3 is 19.3 Å². The second-order valence-electron chi connectivity index (χ2n) is 6.17. The normalized spacial score (nSPS) is 33.5. The Labute approximate surface area is 125 Å². The molecule has 0 spiro atoms. The summed E-state index contributed by atoms with van der Waals surface area (Å²) in [4.78, 5) is 28.5. The summed E-state index contributed by atoms with van der Waals surface area (Å²) in [6, 6.07) is 0.0424. The highest BCUT2D eigenvalue weighted by atomic mass is 16.5. The van der Waals surface area contributed by atoms with Crippen LogP contribution in [-0.2, 0) is 19.1 Å². The lowest BCUT2D eigenvalue weighted by Crippen LogP contribution is -2.58. The number of carbonyl (C=O) groups excluding carboxylic acids is 2. The first kappa shape index (κ1) is 14.8. The number of carbonyl (C=O) groups is 2. The van der Waals surface area contributed by atoms with Gasteiger partial charge in [-0.25, -0.2) is 0 Å². The second-order valence-corrected chi connectivity index (χ2v) is 6.17. The minimum Gasteiger partial charge on any atom is -0.368 e. The molecule has 21 heavy (non-hydrogen) atoms. The minimum atomic E-state index is -0.270. The Morgan fingerprint density at radius 2 is 1.57 bits per heavy atom. The van der Waals surface area contributed by atoms with Crippen molar-refractivity contribution in [1.29, 1.82) is 0 Å². The lowest BCUT2D eigenvalue weighted by molar-refractivity contribution is -0.152. The number of nitrogens with zero attached hydrogens (tertiary/aromatic N) is 2. The molecule has 3 saturated heterocycles. The van der Waals surface area contributed by atoms with E-state index in [0.29, 0.717) is 32.8 Å². The van der Waals surface area contributed by atoms with E-state index >= 15 is 0 Å². The van der Waals surface area contributed by atoms with Crippen LogP contribution >= 0.6 is 0 Å². The Morgan fingerprint density at radius 1 is 0.952 bits per heavy atom.